The van der Waals surface area contributed by atoms with Crippen LogP contribution < -0.4 is 15.5 Å². The van der Waals surface area contributed by atoms with Crippen LogP contribution in [0.2, 0.25) is 0 Å². The molecule has 0 radical (unpaired) electrons. The van der Waals surface area contributed by atoms with E-state index in [1.807, 2.05) is 31.2 Å². The Morgan fingerprint density at radius 1 is 1.32 bits per heavy atom. The van der Waals surface area contributed by atoms with Crippen LogP contribution in [0.25, 0.3) is 0 Å². The highest BCUT2D eigenvalue weighted by Crippen LogP contribution is 2.11. The van der Waals surface area contributed by atoms with E-state index < -0.39 is 0 Å². The van der Waals surface area contributed by atoms with Gasteiger partial charge in [0.1, 0.15) is 5.75 Å². The van der Waals surface area contributed by atoms with E-state index in [2.05, 4.69) is 22.8 Å². The quantitative estimate of drug-likeness (QED) is 0.349. The number of ether oxygens (including phenoxy) is 1. The average molecular weight is 279 g/mol. The molecule has 0 spiro atoms. The van der Waals surface area contributed by atoms with Crippen LogP contribution in [0, 0.1) is 0 Å². The van der Waals surface area contributed by atoms with E-state index in [-0.39, 0.29) is 0 Å². The van der Waals surface area contributed by atoms with Crippen molar-refractivity contribution in [3.05, 3.63) is 29.8 Å². The van der Waals surface area contributed by atoms with Gasteiger partial charge >= 0.3 is 0 Å². The van der Waals surface area contributed by atoms with Crippen molar-refractivity contribution >= 4 is 23.5 Å². The molecule has 2 N–H and O–H groups in total. The van der Waals surface area contributed by atoms with Crippen molar-refractivity contribution in [1.29, 1.82) is 0 Å². The van der Waals surface area contributed by atoms with Gasteiger partial charge in [-0.25, -0.2) is 0 Å². The SMILES string of the molecule is CCCCOc1ccc(/C=N\NC(=S)NCC)cc1. The number of benzene rings is 1. The molecule has 0 aliphatic heterocycles. The highest BCUT2D eigenvalue weighted by Gasteiger charge is 1.94. The van der Waals surface area contributed by atoms with Crippen molar-refractivity contribution in [3.8, 4) is 5.75 Å². The Kier molecular flexibility index (Phi) is 7.58. The van der Waals surface area contributed by atoms with Gasteiger partial charge in [0.2, 0.25) is 0 Å². The summed E-state index contributed by atoms with van der Waals surface area (Å²) in [7, 11) is 0. The van der Waals surface area contributed by atoms with Crippen molar-refractivity contribution in [2.75, 3.05) is 13.2 Å². The average Bonchev–Trinajstić information content (AvgIpc) is 2.41. The van der Waals surface area contributed by atoms with E-state index in [1.165, 1.54) is 0 Å². The summed E-state index contributed by atoms with van der Waals surface area (Å²) in [6.07, 6.45) is 3.94. The van der Waals surface area contributed by atoms with E-state index in [4.69, 9.17) is 17.0 Å². The molecule has 4 nitrogen and oxygen atoms in total. The summed E-state index contributed by atoms with van der Waals surface area (Å²) in [5, 5.41) is 7.53. The van der Waals surface area contributed by atoms with Gasteiger partial charge in [-0.1, -0.05) is 13.3 Å². The molecule has 0 amide bonds. The highest BCUT2D eigenvalue weighted by molar-refractivity contribution is 7.80. The van der Waals surface area contributed by atoms with Crippen LogP contribution in [0.15, 0.2) is 29.4 Å². The Balaban J connectivity index is 2.39. The fourth-order valence-electron chi connectivity index (χ4n) is 1.35. The molecule has 0 aromatic heterocycles. The van der Waals surface area contributed by atoms with Crippen LogP contribution in [0.5, 0.6) is 5.75 Å². The molecule has 0 unspecified atom stereocenters. The van der Waals surface area contributed by atoms with E-state index in [1.54, 1.807) is 6.21 Å². The van der Waals surface area contributed by atoms with Gasteiger partial charge in [-0.3, -0.25) is 5.43 Å². The third kappa shape index (κ3) is 6.76. The molecule has 19 heavy (non-hydrogen) atoms. The topological polar surface area (TPSA) is 45.6 Å². The third-order valence-electron chi connectivity index (χ3n) is 2.36. The van der Waals surface area contributed by atoms with Gasteiger partial charge in [0.25, 0.3) is 0 Å². The molecule has 0 saturated heterocycles. The van der Waals surface area contributed by atoms with Crippen molar-refractivity contribution < 1.29 is 4.74 Å². The van der Waals surface area contributed by atoms with Gasteiger partial charge in [-0.15, -0.1) is 0 Å². The second-order valence-electron chi connectivity index (χ2n) is 4.00. The van der Waals surface area contributed by atoms with E-state index >= 15 is 0 Å². The summed E-state index contributed by atoms with van der Waals surface area (Å²) in [4.78, 5) is 0. The Morgan fingerprint density at radius 2 is 2.05 bits per heavy atom. The molecule has 1 aromatic rings. The Bertz CT molecular complexity index is 404. The number of hydrazone groups is 1. The lowest BCUT2D eigenvalue weighted by Gasteiger charge is -2.05. The standard InChI is InChI=1S/C14H21N3OS/c1-3-5-10-18-13-8-6-12(7-9-13)11-16-17-14(19)15-4-2/h6-9,11H,3-5,10H2,1-2H3,(H2,15,17,19)/b16-11-. The first-order chi connectivity index (χ1) is 9.26. The molecule has 0 aliphatic carbocycles. The molecule has 104 valence electrons. The molecule has 1 rings (SSSR count). The Hall–Kier alpha value is -1.62. The predicted molar refractivity (Wildman–Crippen MR) is 83.8 cm³/mol. The first kappa shape index (κ1) is 15.4. The number of hydrogen-bond donors (Lipinski definition) is 2. The second-order valence-corrected chi connectivity index (χ2v) is 4.41. The summed E-state index contributed by atoms with van der Waals surface area (Å²) in [6.45, 7) is 5.68. The van der Waals surface area contributed by atoms with Crippen LogP contribution in [-0.2, 0) is 0 Å². The molecule has 0 fully saturated rings. The zero-order valence-corrected chi connectivity index (χ0v) is 12.3. The number of nitrogens with one attached hydrogen (secondary N) is 2. The predicted octanol–water partition coefficient (Wildman–Crippen LogP) is 2.68. The normalized spacial score (nSPS) is 10.4. The first-order valence-electron chi connectivity index (χ1n) is 6.56. The summed E-state index contributed by atoms with van der Waals surface area (Å²) >= 11 is 4.99. The minimum absolute atomic E-state index is 0.526. The molecular formula is C14H21N3OS. The zero-order chi connectivity index (χ0) is 13.9. The number of thiocarbonyl (C=S) groups is 1. The van der Waals surface area contributed by atoms with Gasteiger partial charge in [-0.2, -0.15) is 5.10 Å². The molecule has 1 aromatic carbocycles. The van der Waals surface area contributed by atoms with Crippen LogP contribution in [0.1, 0.15) is 32.3 Å². The molecule has 0 atom stereocenters. The summed E-state index contributed by atoms with van der Waals surface area (Å²) < 4.78 is 5.59. The maximum atomic E-state index is 5.59. The van der Waals surface area contributed by atoms with E-state index in [9.17, 15) is 0 Å². The van der Waals surface area contributed by atoms with E-state index in [0.717, 1.165) is 37.3 Å². The molecule has 0 saturated carbocycles. The number of nitrogens with zero attached hydrogens (tertiary/aromatic N) is 1. The molecule has 0 bridgehead atoms. The maximum absolute atomic E-state index is 5.59. The Morgan fingerprint density at radius 3 is 2.68 bits per heavy atom. The first-order valence-corrected chi connectivity index (χ1v) is 6.96. The summed E-state index contributed by atoms with van der Waals surface area (Å²) in [5.41, 5.74) is 3.74. The molecule has 0 heterocycles. The zero-order valence-electron chi connectivity index (χ0n) is 11.5. The Labute approximate surface area is 120 Å². The smallest absolute Gasteiger partial charge is 0.186 e. The molecule has 0 aliphatic rings. The van der Waals surface area contributed by atoms with Crippen LogP contribution in [-0.4, -0.2) is 24.5 Å². The summed E-state index contributed by atoms with van der Waals surface area (Å²) in [6, 6.07) is 7.81. The summed E-state index contributed by atoms with van der Waals surface area (Å²) in [5.74, 6) is 0.890. The number of rotatable bonds is 7. The monoisotopic (exact) mass is 279 g/mol. The maximum Gasteiger partial charge on any atom is 0.186 e. The molecular weight excluding hydrogens is 258 g/mol. The minimum atomic E-state index is 0.526. The van der Waals surface area contributed by atoms with Crippen molar-refractivity contribution in [3.63, 3.8) is 0 Å². The van der Waals surface area contributed by atoms with Crippen molar-refractivity contribution in [1.82, 2.24) is 10.7 Å². The van der Waals surface area contributed by atoms with Crippen molar-refractivity contribution in [2.45, 2.75) is 26.7 Å². The van der Waals surface area contributed by atoms with Gasteiger partial charge in [0.05, 0.1) is 12.8 Å². The van der Waals surface area contributed by atoms with Crippen LogP contribution >= 0.6 is 12.2 Å². The number of unbranched alkanes of at least 4 members (excludes halogenated alkanes) is 1. The lowest BCUT2D eigenvalue weighted by molar-refractivity contribution is 0.309. The van der Waals surface area contributed by atoms with E-state index in [0.29, 0.717) is 5.11 Å². The van der Waals surface area contributed by atoms with Crippen molar-refractivity contribution in [2.24, 2.45) is 5.10 Å². The lowest BCUT2D eigenvalue weighted by Crippen LogP contribution is -2.31. The fourth-order valence-corrected chi connectivity index (χ4v) is 1.55. The minimum Gasteiger partial charge on any atom is -0.494 e. The third-order valence-corrected chi connectivity index (χ3v) is 2.60. The van der Waals surface area contributed by atoms with Crippen LogP contribution in [0.4, 0.5) is 0 Å². The number of hydrogen-bond acceptors (Lipinski definition) is 3. The molecule has 5 heteroatoms. The van der Waals surface area contributed by atoms with Gasteiger partial charge in [0.15, 0.2) is 5.11 Å². The van der Waals surface area contributed by atoms with Gasteiger partial charge in [0, 0.05) is 6.54 Å². The fraction of sp³-hybridized carbons (Fsp3) is 0.429. The largest absolute Gasteiger partial charge is 0.494 e. The van der Waals surface area contributed by atoms with Gasteiger partial charge < -0.3 is 10.1 Å². The highest BCUT2D eigenvalue weighted by atomic mass is 32.1. The lowest BCUT2D eigenvalue weighted by atomic mass is 10.2. The van der Waals surface area contributed by atoms with Gasteiger partial charge in [-0.05, 0) is 55.4 Å². The second kappa shape index (κ2) is 9.33. The van der Waals surface area contributed by atoms with Crippen LogP contribution in [0.3, 0.4) is 0 Å².